The Morgan fingerprint density at radius 3 is 2.18 bits per heavy atom. The van der Waals surface area contributed by atoms with Gasteiger partial charge in [0.15, 0.2) is 0 Å². The molecule has 4 nitrogen and oxygen atoms in total. The Labute approximate surface area is 139 Å². The first-order valence-electron chi connectivity index (χ1n) is 5.63. The molecule has 1 rings (SSSR count). The fraction of sp³-hybridized carbons (Fsp3) is 0.800. The molecule has 1 aromatic rings. The van der Waals surface area contributed by atoms with Crippen molar-refractivity contribution in [2.45, 2.75) is 53.7 Å². The third-order valence-corrected chi connectivity index (χ3v) is 6.22. The standard InChI is InChI=1S/C8H16N3OP.C2H6.U.W/c1-6(2)11-5-8(9-10-11)13-12-7(3)4;1-2;;/h5-7,13H,1-4H3;1-2H3;;. The second kappa shape index (κ2) is 11.1. The average molecular weight is 653 g/mol. The summed E-state index contributed by atoms with van der Waals surface area (Å²) in [5.41, 5.74) is 1.03. The Morgan fingerprint density at radius 2 is 1.82 bits per heavy atom. The summed E-state index contributed by atoms with van der Waals surface area (Å²) in [5.74, 6) is -0.890. The summed E-state index contributed by atoms with van der Waals surface area (Å²) in [7, 11) is 0. The molecule has 0 aliphatic rings. The van der Waals surface area contributed by atoms with Crippen LogP contribution in [0, 0.1) is 31.1 Å². The first-order valence-corrected chi connectivity index (χ1v) is 11.3. The zero-order valence-corrected chi connectivity index (χ0v) is 19.5. The van der Waals surface area contributed by atoms with Crippen LogP contribution in [0.3, 0.4) is 0 Å². The fourth-order valence-electron chi connectivity index (χ4n) is 0.897. The largest absolute Gasteiger partial charge is 0 e. The van der Waals surface area contributed by atoms with E-state index in [1.165, 1.54) is 18.8 Å². The van der Waals surface area contributed by atoms with Gasteiger partial charge in [-0.15, -0.1) is 0 Å². The number of rotatable bonds is 4. The molecule has 0 saturated heterocycles. The van der Waals surface area contributed by atoms with E-state index in [1.54, 1.807) is 0 Å². The maximum atomic E-state index is 5.75. The molecule has 0 aliphatic carbocycles. The molecule has 0 spiro atoms. The van der Waals surface area contributed by atoms with Gasteiger partial charge in [-0.3, -0.25) is 0 Å². The first kappa shape index (κ1) is 20.6. The van der Waals surface area contributed by atoms with Crippen LogP contribution in [-0.4, -0.2) is 21.1 Å². The van der Waals surface area contributed by atoms with Gasteiger partial charge in [0.05, 0.1) is 0 Å². The summed E-state index contributed by atoms with van der Waals surface area (Å²) >= 11 is 1.47. The van der Waals surface area contributed by atoms with Crippen molar-refractivity contribution >= 4 is 11.2 Å². The van der Waals surface area contributed by atoms with Crippen molar-refractivity contribution in [2.75, 3.05) is 0 Å². The van der Waals surface area contributed by atoms with Crippen LogP contribution in [0.2, 0.25) is 0 Å². The predicted molar refractivity (Wildman–Crippen MR) is 65.9 cm³/mol. The molecule has 1 heterocycles. The molecule has 1 unspecified atom stereocenters. The van der Waals surface area contributed by atoms with Gasteiger partial charge in [0, 0.05) is 31.1 Å². The topological polar surface area (TPSA) is 39.9 Å². The van der Waals surface area contributed by atoms with Crippen molar-refractivity contribution < 1.29 is 54.4 Å². The second-order valence-electron chi connectivity index (χ2n) is 3.63. The Balaban J connectivity index is 0. The average Bonchev–Trinajstić information content (AvgIpc) is 2.68. The summed E-state index contributed by atoms with van der Waals surface area (Å²) in [4.78, 5) is 0. The van der Waals surface area contributed by atoms with Crippen LogP contribution in [-0.2, 0) is 23.3 Å². The maximum absolute atomic E-state index is 5.75. The van der Waals surface area contributed by atoms with E-state index in [1.807, 2.05) is 24.7 Å². The molecule has 0 radical (unpaired) electrons. The molecule has 0 amide bonds. The van der Waals surface area contributed by atoms with E-state index >= 15 is 0 Å². The molecular weight excluding hydrogens is 631 g/mol. The van der Waals surface area contributed by atoms with E-state index < -0.39 is 5.78 Å². The van der Waals surface area contributed by atoms with E-state index in [4.69, 9.17) is 4.52 Å². The monoisotopic (exact) mass is 653 g/mol. The van der Waals surface area contributed by atoms with Gasteiger partial charge in [-0.05, 0) is 0 Å². The molecule has 98 valence electrons. The van der Waals surface area contributed by atoms with Crippen LogP contribution < -0.4 is 5.44 Å². The van der Waals surface area contributed by atoms with E-state index in [2.05, 4.69) is 38.0 Å². The Hall–Kier alpha value is 1.27. The zero-order chi connectivity index (χ0) is 12.7. The minimum absolute atomic E-state index is 0. The fourth-order valence-corrected chi connectivity index (χ4v) is 4.89. The SMILES string of the molecule is CC.CC(C)O[PH](=[W])c1cn(C(C)C)nn1.[U]. The first-order chi connectivity index (χ1) is 7.50. The van der Waals surface area contributed by atoms with Gasteiger partial charge in [0.1, 0.15) is 0 Å². The van der Waals surface area contributed by atoms with Crippen molar-refractivity contribution in [1.82, 2.24) is 15.0 Å². The van der Waals surface area contributed by atoms with Gasteiger partial charge in [0.2, 0.25) is 0 Å². The van der Waals surface area contributed by atoms with Crippen molar-refractivity contribution in [3.05, 3.63) is 6.20 Å². The summed E-state index contributed by atoms with van der Waals surface area (Å²) in [6.07, 6.45) is 2.29. The number of hydrogen-bond acceptors (Lipinski definition) is 3. The summed E-state index contributed by atoms with van der Waals surface area (Å²) in [5, 5.41) is 8.21. The summed E-state index contributed by atoms with van der Waals surface area (Å²) < 4.78 is 7.63. The van der Waals surface area contributed by atoms with Crippen molar-refractivity contribution in [2.24, 2.45) is 0 Å². The number of aromatic nitrogens is 3. The zero-order valence-electron chi connectivity index (χ0n) is 11.4. The molecule has 0 aliphatic heterocycles. The molecule has 1 aromatic heterocycles. The Kier molecular flexibility index (Phi) is 13.5. The molecule has 1 atom stereocenters. The number of hydrogen-bond donors (Lipinski definition) is 0. The Bertz CT molecular complexity index is 331. The van der Waals surface area contributed by atoms with Crippen LogP contribution in [0.4, 0.5) is 0 Å². The van der Waals surface area contributed by atoms with E-state index in [0.29, 0.717) is 6.04 Å². The third kappa shape index (κ3) is 8.12. The van der Waals surface area contributed by atoms with Crippen LogP contribution in [0.5, 0.6) is 0 Å². The number of nitrogens with zero attached hydrogens (tertiary/aromatic N) is 3. The minimum Gasteiger partial charge on any atom is 0 e. The van der Waals surface area contributed by atoms with E-state index in [0.717, 1.165) is 5.44 Å². The smallest absolute Gasteiger partial charge is 0 e. The summed E-state index contributed by atoms with van der Waals surface area (Å²) in [6, 6.07) is 0.375. The van der Waals surface area contributed by atoms with Crippen LogP contribution >= 0.6 is 5.78 Å². The van der Waals surface area contributed by atoms with Crippen LogP contribution in [0.25, 0.3) is 0 Å². The second-order valence-corrected chi connectivity index (χ2v) is 8.95. The molecule has 17 heavy (non-hydrogen) atoms. The van der Waals surface area contributed by atoms with Gasteiger partial charge in [0.25, 0.3) is 0 Å². The third-order valence-electron chi connectivity index (χ3n) is 1.59. The maximum Gasteiger partial charge on any atom is 0 e. The predicted octanol–water partition coefficient (Wildman–Crippen LogP) is 2.53. The van der Waals surface area contributed by atoms with Gasteiger partial charge in [-0.2, -0.15) is 0 Å². The van der Waals surface area contributed by atoms with Crippen molar-refractivity contribution in [3.8, 4) is 0 Å². The van der Waals surface area contributed by atoms with Crippen LogP contribution in [0.1, 0.15) is 47.6 Å². The minimum atomic E-state index is -0.890. The van der Waals surface area contributed by atoms with Crippen molar-refractivity contribution in [3.63, 3.8) is 0 Å². The van der Waals surface area contributed by atoms with E-state index in [-0.39, 0.29) is 37.2 Å². The van der Waals surface area contributed by atoms with Gasteiger partial charge in [-0.1, -0.05) is 13.8 Å². The summed E-state index contributed by atoms with van der Waals surface area (Å²) in [6.45, 7) is 12.3. The molecule has 0 fully saturated rings. The Morgan fingerprint density at radius 1 is 1.29 bits per heavy atom. The quantitative estimate of drug-likeness (QED) is 0.470. The van der Waals surface area contributed by atoms with E-state index in [9.17, 15) is 0 Å². The molecule has 7 heteroatoms. The molecule has 0 bridgehead atoms. The molecule has 0 N–H and O–H groups in total. The van der Waals surface area contributed by atoms with Crippen LogP contribution in [0.15, 0.2) is 6.20 Å². The molecular formula is C10H22N3OPUW. The van der Waals surface area contributed by atoms with Gasteiger partial charge >= 0.3 is 95.6 Å². The van der Waals surface area contributed by atoms with Crippen molar-refractivity contribution in [1.29, 1.82) is 0 Å². The molecule has 0 aromatic carbocycles. The van der Waals surface area contributed by atoms with Gasteiger partial charge < -0.3 is 0 Å². The normalized spacial score (nSPS) is 11.8. The van der Waals surface area contributed by atoms with Gasteiger partial charge in [-0.25, -0.2) is 0 Å². The molecule has 0 saturated carbocycles.